The predicted molar refractivity (Wildman–Crippen MR) is 396 cm³/mol. The van der Waals surface area contributed by atoms with Gasteiger partial charge in [0.1, 0.15) is 0 Å². The van der Waals surface area contributed by atoms with Crippen LogP contribution in [0.5, 0.6) is 0 Å². The smallest absolute Gasteiger partial charge is 0.178 e. The Morgan fingerprint density at radius 2 is 0.560 bits per heavy atom. The van der Waals surface area contributed by atoms with Crippen molar-refractivity contribution in [1.82, 2.24) is 0 Å². The largest absolute Gasteiger partial charge is 0.376 e. The molecule has 0 saturated carbocycles. The van der Waals surface area contributed by atoms with Crippen LogP contribution >= 0.6 is 70.6 Å². The molecule has 11 heterocycles. The highest BCUT2D eigenvalue weighted by atomic mass is 32.2. The second kappa shape index (κ2) is 69.2. The van der Waals surface area contributed by atoms with Crippen molar-refractivity contribution in [2.75, 3.05) is 163 Å². The molecular formula is C67H134O27S6. The minimum atomic E-state index is -0.720. The molecule has 27 nitrogen and oxygen atoms in total. The van der Waals surface area contributed by atoms with Gasteiger partial charge in [-0.3, -0.25) is 0 Å². The molecule has 11 saturated heterocycles. The first kappa shape index (κ1) is 99.0. The van der Waals surface area contributed by atoms with Gasteiger partial charge in [-0.1, -0.05) is 13.8 Å². The van der Waals surface area contributed by atoms with Crippen molar-refractivity contribution in [1.29, 1.82) is 0 Å². The van der Waals surface area contributed by atoms with Crippen LogP contribution in [-0.4, -0.2) is 330 Å². The molecule has 33 heteroatoms. The molecule has 0 aromatic carbocycles. The van der Waals surface area contributed by atoms with Crippen molar-refractivity contribution >= 4 is 70.6 Å². The first-order valence-electron chi connectivity index (χ1n) is 36.0. The predicted octanol–water partition coefficient (Wildman–Crippen LogP) is 6.13. The zero-order valence-corrected chi connectivity index (χ0v) is 65.9. The van der Waals surface area contributed by atoms with Crippen molar-refractivity contribution in [2.45, 2.75) is 261 Å². The zero-order chi connectivity index (χ0) is 73.6. The Hall–Kier alpha value is 1.02. The standard InChI is InChI=1S/C7H14O3.2C7H14O2S.3C6H12O3.3C6H12O2S.C5H10O3.C5H10O2S/c1-6-3-2-4-9-7(8)5-10-6;1-6-3-2-4-10-5-7(8)9-6;1-6-3-2-4-9-7(8)5-10-6;1-5-2-3-8-6(7)4-9-5;1-5-2-3-8-4-6(7)9-5;7-6-5-8-3-1-2-4-9-6;1-5-2-3-9-4-6(7)8-5;1-5-2-3-8-6(7)4-9-5;7-6-5-9-4-2-1-3-8-6;6-5-4-7-2-1-3-8-5;6-5-4-8-3-1-2-7-5/h3*6-8H,2-5H2,1H3;2*5-7H,2-4H2,1H3;6-7H,1-5H2;2*5-7H,2-4H2,1H3;6-7H,1-5H2;2*5-6H,1-4H2. The van der Waals surface area contributed by atoms with E-state index in [1.807, 2.05) is 34.6 Å². The van der Waals surface area contributed by atoms with Crippen molar-refractivity contribution in [3.63, 3.8) is 0 Å². The summed E-state index contributed by atoms with van der Waals surface area (Å²) in [5, 5.41) is 99.7. The summed E-state index contributed by atoms with van der Waals surface area (Å²) in [6.07, 6.45) is 11.0. The molecule has 0 radical (unpaired) electrons. The monoisotopic (exact) mass is 1560 g/mol. The van der Waals surface area contributed by atoms with Gasteiger partial charge in [-0.15, -0.1) is 0 Å². The van der Waals surface area contributed by atoms with Crippen LogP contribution in [0.4, 0.5) is 0 Å². The van der Waals surface area contributed by atoms with E-state index in [2.05, 4.69) is 13.8 Å². The number of aliphatic hydroxyl groups is 11. The first-order valence-corrected chi connectivity index (χ1v) is 42.7. The Morgan fingerprint density at radius 1 is 0.220 bits per heavy atom. The lowest BCUT2D eigenvalue weighted by Gasteiger charge is -2.20. The molecule has 0 bridgehead atoms. The number of thioether (sulfide) groups is 6. The third kappa shape index (κ3) is 67.2. The summed E-state index contributed by atoms with van der Waals surface area (Å²) in [5.41, 5.74) is 0. The summed E-state index contributed by atoms with van der Waals surface area (Å²) < 4.78 is 80.4. The third-order valence-electron chi connectivity index (χ3n) is 14.6. The van der Waals surface area contributed by atoms with Gasteiger partial charge in [0, 0.05) is 91.3 Å². The van der Waals surface area contributed by atoms with Gasteiger partial charge in [0.2, 0.25) is 0 Å². The molecule has 0 aromatic rings. The molecule has 0 aromatic heterocycles. The average Bonchev–Trinajstić information content (AvgIpc) is 2.04. The average molecular weight is 1560 g/mol. The summed E-state index contributed by atoms with van der Waals surface area (Å²) in [4.78, 5) is 0. The molecular weight excluding hydrogens is 1430 g/mol. The fourth-order valence-electron chi connectivity index (χ4n) is 8.82. The van der Waals surface area contributed by atoms with E-state index in [1.165, 1.54) is 25.0 Å². The molecule has 11 aliphatic heterocycles. The normalized spacial score (nSPS) is 35.3. The van der Waals surface area contributed by atoms with Crippen LogP contribution < -0.4 is 0 Å². The maximum absolute atomic E-state index is 9.14. The topological polar surface area (TPSA) is 370 Å². The molecule has 18 unspecified atom stereocenters. The fraction of sp³-hybridized carbons (Fsp3) is 1.00. The van der Waals surface area contributed by atoms with Crippen LogP contribution in [0.3, 0.4) is 0 Å². The van der Waals surface area contributed by atoms with Crippen LogP contribution in [0.2, 0.25) is 0 Å². The fourth-order valence-corrected chi connectivity index (χ4v) is 14.0. The number of rotatable bonds is 0. The van der Waals surface area contributed by atoms with Gasteiger partial charge in [-0.2, -0.15) is 70.6 Å². The van der Waals surface area contributed by atoms with Gasteiger partial charge in [0.05, 0.1) is 90.0 Å². The molecule has 0 amide bonds. The highest BCUT2D eigenvalue weighted by Gasteiger charge is 2.19. The van der Waals surface area contributed by atoms with Crippen molar-refractivity contribution in [2.24, 2.45) is 0 Å². The van der Waals surface area contributed by atoms with E-state index in [9.17, 15) is 0 Å². The van der Waals surface area contributed by atoms with E-state index >= 15 is 0 Å². The molecule has 0 aliphatic carbocycles. The van der Waals surface area contributed by atoms with Crippen LogP contribution in [0.1, 0.15) is 151 Å². The number of ether oxygens (including phenoxy) is 16. The highest BCUT2D eigenvalue weighted by Crippen LogP contribution is 2.22. The summed E-state index contributed by atoms with van der Waals surface area (Å²) in [5.74, 6) is 8.93. The summed E-state index contributed by atoms with van der Waals surface area (Å²) in [6.45, 7) is 23.4. The molecule has 11 aliphatic rings. The molecule has 18 atom stereocenters. The van der Waals surface area contributed by atoms with Gasteiger partial charge in [0.15, 0.2) is 69.2 Å². The molecule has 11 rings (SSSR count). The highest BCUT2D eigenvalue weighted by molar-refractivity contribution is 8.00. The van der Waals surface area contributed by atoms with Gasteiger partial charge in [0.25, 0.3) is 0 Å². The zero-order valence-electron chi connectivity index (χ0n) is 61.0. The van der Waals surface area contributed by atoms with E-state index in [0.717, 1.165) is 148 Å². The molecule has 600 valence electrons. The van der Waals surface area contributed by atoms with Crippen LogP contribution in [0.25, 0.3) is 0 Å². The summed E-state index contributed by atoms with van der Waals surface area (Å²) in [7, 11) is 0. The molecule has 11 fully saturated rings. The maximum Gasteiger partial charge on any atom is 0.178 e. The lowest BCUT2D eigenvalue weighted by molar-refractivity contribution is -0.161. The lowest BCUT2D eigenvalue weighted by atomic mass is 10.2. The number of aliphatic hydroxyl groups excluding tert-OH is 11. The van der Waals surface area contributed by atoms with Gasteiger partial charge in [-0.25, -0.2) is 0 Å². The van der Waals surface area contributed by atoms with Crippen molar-refractivity contribution in [3.05, 3.63) is 0 Å². The second-order valence-corrected chi connectivity index (χ2v) is 32.2. The minimum absolute atomic E-state index is 0.127. The maximum atomic E-state index is 9.14. The first-order chi connectivity index (χ1) is 48.1. The van der Waals surface area contributed by atoms with Crippen molar-refractivity contribution in [3.8, 4) is 0 Å². The Morgan fingerprint density at radius 3 is 1.16 bits per heavy atom. The lowest BCUT2D eigenvalue weighted by Crippen LogP contribution is -2.26. The number of hydrogen-bond donors (Lipinski definition) is 11. The van der Waals surface area contributed by atoms with Gasteiger partial charge in [-0.05, 0) is 160 Å². The van der Waals surface area contributed by atoms with E-state index < -0.39 is 69.2 Å². The Bertz CT molecular complexity index is 1520. The van der Waals surface area contributed by atoms with E-state index in [1.54, 1.807) is 70.6 Å². The summed E-state index contributed by atoms with van der Waals surface area (Å²) >= 11 is 10.6. The Labute approximate surface area is 623 Å². The third-order valence-corrected chi connectivity index (χ3v) is 21.5. The van der Waals surface area contributed by atoms with E-state index in [-0.39, 0.29) is 30.5 Å². The van der Waals surface area contributed by atoms with Crippen LogP contribution in [0, 0.1) is 0 Å². The Balaban J connectivity index is 0.000000550. The minimum Gasteiger partial charge on any atom is -0.376 e. The van der Waals surface area contributed by atoms with E-state index in [0.29, 0.717) is 103 Å². The van der Waals surface area contributed by atoms with Gasteiger partial charge < -0.3 is 132 Å². The second-order valence-electron chi connectivity index (χ2n) is 24.6. The number of hydrogen-bond acceptors (Lipinski definition) is 33. The quantitative estimate of drug-likeness (QED) is 0.130. The molecule has 11 N–H and O–H groups in total. The Kier molecular flexibility index (Phi) is 68.6. The van der Waals surface area contributed by atoms with Crippen molar-refractivity contribution < 1.29 is 132 Å². The molecule has 0 spiro atoms. The summed E-state index contributed by atoms with van der Waals surface area (Å²) in [6, 6.07) is 0. The molecule has 100 heavy (non-hydrogen) atoms. The van der Waals surface area contributed by atoms with Gasteiger partial charge >= 0.3 is 0 Å². The van der Waals surface area contributed by atoms with Crippen LogP contribution in [-0.2, 0) is 75.8 Å². The SMILES string of the molecule is CC1CCCOC(O)CO1.CC1CCCOC(O)CS1.CC1CCCSCC(O)O1.CC1CCOC(O)CO1.CC1CCOC(O)CS1.CC1CCOCC(O)O1.CC1CCSCC(O)O1.OC1COCCCCO1.OC1COCCCO1.OC1CSCCCCO1.OC1CSCCCO1. The van der Waals surface area contributed by atoms with Crippen LogP contribution in [0.15, 0.2) is 0 Å². The van der Waals surface area contributed by atoms with E-state index in [4.69, 9.17) is 132 Å².